The van der Waals surface area contributed by atoms with Gasteiger partial charge in [0.15, 0.2) is 0 Å². The maximum atomic E-state index is 11.6. The molecule has 1 unspecified atom stereocenters. The van der Waals surface area contributed by atoms with Gasteiger partial charge in [-0.2, -0.15) is 0 Å². The van der Waals surface area contributed by atoms with Gasteiger partial charge in [-0.15, -0.1) is 0 Å². The van der Waals surface area contributed by atoms with Crippen LogP contribution in [0.4, 0.5) is 0 Å². The monoisotopic (exact) mass is 281 g/mol. The summed E-state index contributed by atoms with van der Waals surface area (Å²) in [5, 5.41) is 11.6. The highest BCUT2D eigenvalue weighted by Gasteiger charge is 2.58. The van der Waals surface area contributed by atoms with Crippen LogP contribution in [0, 0.1) is 22.7 Å². The Labute approximate surface area is 125 Å². The van der Waals surface area contributed by atoms with E-state index in [9.17, 15) is 5.11 Å². The van der Waals surface area contributed by atoms with Gasteiger partial charge in [-0.3, -0.25) is 0 Å². The first-order chi connectivity index (χ1) is 9.28. The summed E-state index contributed by atoms with van der Waals surface area (Å²) in [6, 6.07) is 0. The molecule has 0 saturated heterocycles. The number of nitrogens with two attached hydrogens (primary N) is 1. The molecular formula is C18H35NO. The molecule has 2 aliphatic carbocycles. The van der Waals surface area contributed by atoms with Crippen LogP contribution in [-0.4, -0.2) is 17.3 Å². The molecule has 0 radical (unpaired) electrons. The zero-order valence-electron chi connectivity index (χ0n) is 14.0. The molecule has 0 aromatic heterocycles. The molecule has 0 bridgehead atoms. The Bertz CT molecular complexity index is 328. The van der Waals surface area contributed by atoms with E-state index in [1.807, 2.05) is 0 Å². The van der Waals surface area contributed by atoms with E-state index in [4.69, 9.17) is 5.73 Å². The lowest BCUT2D eigenvalue weighted by Gasteiger charge is -2.59. The third kappa shape index (κ3) is 2.43. The Hall–Kier alpha value is -0.0800. The van der Waals surface area contributed by atoms with Crippen LogP contribution in [0.2, 0.25) is 0 Å². The van der Waals surface area contributed by atoms with Crippen LogP contribution in [0.25, 0.3) is 0 Å². The molecule has 2 heteroatoms. The summed E-state index contributed by atoms with van der Waals surface area (Å²) in [6.07, 6.45) is 9.22. The highest BCUT2D eigenvalue weighted by molar-refractivity contribution is 5.10. The van der Waals surface area contributed by atoms with Gasteiger partial charge in [-0.1, -0.05) is 40.5 Å². The van der Waals surface area contributed by atoms with Gasteiger partial charge in [0.2, 0.25) is 0 Å². The van der Waals surface area contributed by atoms with Gasteiger partial charge < -0.3 is 10.8 Å². The van der Waals surface area contributed by atoms with E-state index in [-0.39, 0.29) is 10.8 Å². The van der Waals surface area contributed by atoms with E-state index in [0.717, 1.165) is 43.9 Å². The molecule has 2 nitrogen and oxygen atoms in total. The van der Waals surface area contributed by atoms with Gasteiger partial charge in [0.25, 0.3) is 0 Å². The Morgan fingerprint density at radius 1 is 1.05 bits per heavy atom. The molecule has 0 amide bonds. The van der Waals surface area contributed by atoms with E-state index < -0.39 is 5.60 Å². The fourth-order valence-corrected chi connectivity index (χ4v) is 5.12. The topological polar surface area (TPSA) is 46.2 Å². The predicted octanol–water partition coefficient (Wildman–Crippen LogP) is 4.11. The van der Waals surface area contributed by atoms with Crippen molar-refractivity contribution in [2.45, 2.75) is 84.7 Å². The molecule has 0 aromatic rings. The van der Waals surface area contributed by atoms with Crippen LogP contribution >= 0.6 is 0 Å². The quantitative estimate of drug-likeness (QED) is 0.818. The minimum absolute atomic E-state index is 0.00921. The van der Waals surface area contributed by atoms with E-state index in [0.29, 0.717) is 6.54 Å². The Kier molecular flexibility index (Phi) is 4.57. The van der Waals surface area contributed by atoms with Gasteiger partial charge in [0, 0.05) is 12.0 Å². The third-order valence-corrected chi connectivity index (χ3v) is 6.91. The molecule has 0 aliphatic heterocycles. The Morgan fingerprint density at radius 3 is 2.05 bits per heavy atom. The van der Waals surface area contributed by atoms with Gasteiger partial charge in [-0.25, -0.2) is 0 Å². The van der Waals surface area contributed by atoms with Crippen molar-refractivity contribution in [2.24, 2.45) is 28.4 Å². The van der Waals surface area contributed by atoms with Gasteiger partial charge in [0.1, 0.15) is 0 Å². The van der Waals surface area contributed by atoms with Crippen molar-refractivity contribution in [3.8, 4) is 0 Å². The molecule has 1 atom stereocenters. The molecule has 3 N–H and O–H groups in total. The summed E-state index contributed by atoms with van der Waals surface area (Å²) in [5.41, 5.74) is 5.65. The zero-order chi connectivity index (χ0) is 15.0. The van der Waals surface area contributed by atoms with Crippen molar-refractivity contribution in [1.82, 2.24) is 0 Å². The maximum Gasteiger partial charge on any atom is 0.0766 e. The second-order valence-corrected chi connectivity index (χ2v) is 8.52. The highest BCUT2D eigenvalue weighted by Crippen LogP contribution is 2.58. The van der Waals surface area contributed by atoms with Crippen molar-refractivity contribution in [1.29, 1.82) is 0 Å². The van der Waals surface area contributed by atoms with Crippen molar-refractivity contribution >= 4 is 0 Å². The SMILES string of the molecule is CC(C)C1CCC(CN)(C2(O)CCCCC2(C)C)CC1. The summed E-state index contributed by atoms with van der Waals surface area (Å²) in [4.78, 5) is 0. The van der Waals surface area contributed by atoms with Gasteiger partial charge in [0.05, 0.1) is 5.60 Å². The summed E-state index contributed by atoms with van der Waals surface area (Å²) in [5.74, 6) is 1.59. The maximum absolute atomic E-state index is 11.6. The molecule has 2 saturated carbocycles. The lowest BCUT2D eigenvalue weighted by atomic mass is 9.49. The van der Waals surface area contributed by atoms with Crippen LogP contribution in [0.15, 0.2) is 0 Å². The minimum Gasteiger partial charge on any atom is -0.389 e. The summed E-state index contributed by atoms with van der Waals surface area (Å²) in [6.45, 7) is 9.84. The second kappa shape index (κ2) is 5.61. The lowest BCUT2D eigenvalue weighted by Crippen LogP contribution is -2.63. The Balaban J connectivity index is 2.23. The average Bonchev–Trinajstić information content (AvgIpc) is 2.42. The summed E-state index contributed by atoms with van der Waals surface area (Å²) < 4.78 is 0. The molecular weight excluding hydrogens is 246 g/mol. The van der Waals surface area contributed by atoms with Crippen LogP contribution < -0.4 is 5.73 Å². The number of hydrogen-bond donors (Lipinski definition) is 2. The largest absolute Gasteiger partial charge is 0.389 e. The molecule has 2 aliphatic rings. The van der Waals surface area contributed by atoms with Crippen molar-refractivity contribution in [3.05, 3.63) is 0 Å². The molecule has 0 aromatic carbocycles. The standard InChI is InChI=1S/C18H35NO/c1-14(2)15-7-11-17(13-19,12-8-15)18(20)10-6-5-9-16(18,3)4/h14-15,20H,5-13,19H2,1-4H3. The molecule has 20 heavy (non-hydrogen) atoms. The number of rotatable bonds is 3. The van der Waals surface area contributed by atoms with Gasteiger partial charge in [-0.05, 0) is 55.8 Å². The molecule has 2 rings (SSSR count). The molecule has 0 spiro atoms. The van der Waals surface area contributed by atoms with Crippen molar-refractivity contribution in [3.63, 3.8) is 0 Å². The highest BCUT2D eigenvalue weighted by atomic mass is 16.3. The third-order valence-electron chi connectivity index (χ3n) is 6.91. The molecule has 0 heterocycles. The van der Waals surface area contributed by atoms with E-state index >= 15 is 0 Å². The smallest absolute Gasteiger partial charge is 0.0766 e. The van der Waals surface area contributed by atoms with Crippen LogP contribution in [0.3, 0.4) is 0 Å². The minimum atomic E-state index is -0.561. The summed E-state index contributed by atoms with van der Waals surface area (Å²) in [7, 11) is 0. The molecule has 2 fully saturated rings. The first-order valence-corrected chi connectivity index (χ1v) is 8.70. The van der Waals surface area contributed by atoms with Crippen LogP contribution in [0.5, 0.6) is 0 Å². The fraction of sp³-hybridized carbons (Fsp3) is 1.00. The molecule has 118 valence electrons. The van der Waals surface area contributed by atoms with Crippen LogP contribution in [0.1, 0.15) is 79.1 Å². The van der Waals surface area contributed by atoms with E-state index in [1.165, 1.54) is 19.3 Å². The van der Waals surface area contributed by atoms with Crippen molar-refractivity contribution < 1.29 is 5.11 Å². The number of hydrogen-bond acceptors (Lipinski definition) is 2. The lowest BCUT2D eigenvalue weighted by molar-refractivity contribution is -0.196. The first-order valence-electron chi connectivity index (χ1n) is 8.70. The summed E-state index contributed by atoms with van der Waals surface area (Å²) >= 11 is 0. The number of aliphatic hydroxyl groups is 1. The average molecular weight is 281 g/mol. The zero-order valence-corrected chi connectivity index (χ0v) is 14.0. The van der Waals surface area contributed by atoms with Crippen molar-refractivity contribution in [2.75, 3.05) is 6.54 Å². The van der Waals surface area contributed by atoms with Gasteiger partial charge >= 0.3 is 0 Å². The predicted molar refractivity (Wildman–Crippen MR) is 85.5 cm³/mol. The van der Waals surface area contributed by atoms with Crippen LogP contribution in [-0.2, 0) is 0 Å². The van der Waals surface area contributed by atoms with E-state index in [2.05, 4.69) is 27.7 Å². The first kappa shape index (κ1) is 16.3. The Morgan fingerprint density at radius 2 is 1.60 bits per heavy atom. The van der Waals surface area contributed by atoms with E-state index in [1.54, 1.807) is 0 Å². The second-order valence-electron chi connectivity index (χ2n) is 8.52. The fourth-order valence-electron chi connectivity index (χ4n) is 5.12. The normalized spacial score (nSPS) is 41.9.